The summed E-state index contributed by atoms with van der Waals surface area (Å²) < 4.78 is 0. The molecule has 0 aromatic carbocycles. The molecule has 0 fully saturated rings. The number of nitrogens with zero attached hydrogens (tertiary/aromatic N) is 1. The summed E-state index contributed by atoms with van der Waals surface area (Å²) in [7, 11) is 4.25. The van der Waals surface area contributed by atoms with Gasteiger partial charge in [0.05, 0.1) is 0 Å². The van der Waals surface area contributed by atoms with Gasteiger partial charge in [-0.1, -0.05) is 39.7 Å². The van der Waals surface area contributed by atoms with Crippen LogP contribution in [0.2, 0.25) is 0 Å². The first-order valence-electron chi connectivity index (χ1n) is 5.27. The molecule has 0 heterocycles. The smallest absolute Gasteiger partial charge is 0.00434 e. The topological polar surface area (TPSA) is 3.24 Å². The van der Waals surface area contributed by atoms with Crippen LogP contribution in [-0.4, -0.2) is 25.5 Å². The standard InChI is InChI=1S/C12H25N/c1-7-11(10-13(5)6)12(4,8-2)9-3/h7,11H,1,8-10H2,2-6H3. The maximum absolute atomic E-state index is 3.95. The Bertz CT molecular complexity index is 145. The van der Waals surface area contributed by atoms with E-state index in [1.165, 1.54) is 12.8 Å². The van der Waals surface area contributed by atoms with Crippen LogP contribution in [0.4, 0.5) is 0 Å². The molecule has 1 nitrogen and oxygen atoms in total. The molecule has 0 aromatic heterocycles. The van der Waals surface area contributed by atoms with E-state index in [2.05, 4.69) is 52.4 Å². The quantitative estimate of drug-likeness (QED) is 0.572. The monoisotopic (exact) mass is 183 g/mol. The summed E-state index contributed by atoms with van der Waals surface area (Å²) >= 11 is 0. The molecule has 0 aromatic rings. The van der Waals surface area contributed by atoms with E-state index >= 15 is 0 Å². The van der Waals surface area contributed by atoms with E-state index in [1.54, 1.807) is 0 Å². The van der Waals surface area contributed by atoms with Crippen molar-refractivity contribution in [2.45, 2.75) is 33.6 Å². The van der Waals surface area contributed by atoms with Gasteiger partial charge in [0.2, 0.25) is 0 Å². The molecule has 0 radical (unpaired) electrons. The van der Waals surface area contributed by atoms with Crippen molar-refractivity contribution in [1.82, 2.24) is 4.90 Å². The van der Waals surface area contributed by atoms with E-state index < -0.39 is 0 Å². The Morgan fingerprint density at radius 1 is 1.31 bits per heavy atom. The Morgan fingerprint density at radius 3 is 2.00 bits per heavy atom. The third kappa shape index (κ3) is 3.51. The van der Waals surface area contributed by atoms with Gasteiger partial charge in [-0.3, -0.25) is 0 Å². The molecule has 0 spiro atoms. The van der Waals surface area contributed by atoms with E-state index in [0.717, 1.165) is 6.54 Å². The molecular weight excluding hydrogens is 158 g/mol. The SMILES string of the molecule is C=CC(CN(C)C)C(C)(CC)CC. The van der Waals surface area contributed by atoms with Crippen LogP contribution in [0.1, 0.15) is 33.6 Å². The van der Waals surface area contributed by atoms with Crippen LogP contribution in [0.15, 0.2) is 12.7 Å². The fourth-order valence-electron chi connectivity index (χ4n) is 1.75. The highest BCUT2D eigenvalue weighted by Gasteiger charge is 2.28. The first kappa shape index (κ1) is 12.7. The van der Waals surface area contributed by atoms with Crippen LogP contribution < -0.4 is 0 Å². The highest BCUT2D eigenvalue weighted by molar-refractivity contribution is 4.92. The van der Waals surface area contributed by atoms with Gasteiger partial charge in [-0.2, -0.15) is 0 Å². The second kappa shape index (κ2) is 5.43. The second-order valence-electron chi connectivity index (χ2n) is 4.47. The molecule has 0 N–H and O–H groups in total. The minimum Gasteiger partial charge on any atom is -0.309 e. The highest BCUT2D eigenvalue weighted by atomic mass is 15.1. The Labute approximate surface area is 83.8 Å². The van der Waals surface area contributed by atoms with E-state index in [9.17, 15) is 0 Å². The first-order valence-corrected chi connectivity index (χ1v) is 5.27. The fraction of sp³-hybridized carbons (Fsp3) is 0.833. The van der Waals surface area contributed by atoms with Crippen molar-refractivity contribution in [2.75, 3.05) is 20.6 Å². The molecule has 0 amide bonds. The zero-order valence-electron chi connectivity index (χ0n) is 9.93. The predicted octanol–water partition coefficient (Wildman–Crippen LogP) is 3.18. The van der Waals surface area contributed by atoms with Crippen LogP contribution in [-0.2, 0) is 0 Å². The van der Waals surface area contributed by atoms with E-state index in [1.807, 2.05) is 0 Å². The van der Waals surface area contributed by atoms with Gasteiger partial charge in [-0.05, 0) is 25.4 Å². The van der Waals surface area contributed by atoms with Crippen LogP contribution in [0, 0.1) is 11.3 Å². The molecule has 0 saturated heterocycles. The Kier molecular flexibility index (Phi) is 5.31. The number of hydrogen-bond acceptors (Lipinski definition) is 1. The van der Waals surface area contributed by atoms with Crippen LogP contribution >= 0.6 is 0 Å². The predicted molar refractivity (Wildman–Crippen MR) is 60.9 cm³/mol. The summed E-state index contributed by atoms with van der Waals surface area (Å²) in [4.78, 5) is 2.25. The van der Waals surface area contributed by atoms with Crippen molar-refractivity contribution in [3.05, 3.63) is 12.7 Å². The molecule has 78 valence electrons. The number of rotatable bonds is 6. The van der Waals surface area contributed by atoms with Gasteiger partial charge in [0.15, 0.2) is 0 Å². The average Bonchev–Trinajstić information content (AvgIpc) is 2.12. The van der Waals surface area contributed by atoms with Crippen LogP contribution in [0.5, 0.6) is 0 Å². The van der Waals surface area contributed by atoms with Gasteiger partial charge in [0.1, 0.15) is 0 Å². The minimum absolute atomic E-state index is 0.423. The molecule has 1 unspecified atom stereocenters. The summed E-state index contributed by atoms with van der Waals surface area (Å²) in [6.07, 6.45) is 4.58. The van der Waals surface area contributed by atoms with E-state index in [0.29, 0.717) is 11.3 Å². The van der Waals surface area contributed by atoms with E-state index in [4.69, 9.17) is 0 Å². The summed E-state index contributed by atoms with van der Waals surface area (Å²) in [5.41, 5.74) is 0.423. The van der Waals surface area contributed by atoms with Gasteiger partial charge in [-0.15, -0.1) is 6.58 Å². The average molecular weight is 183 g/mol. The lowest BCUT2D eigenvalue weighted by atomic mass is 9.73. The van der Waals surface area contributed by atoms with E-state index in [-0.39, 0.29) is 0 Å². The van der Waals surface area contributed by atoms with Crippen LogP contribution in [0.25, 0.3) is 0 Å². The lowest BCUT2D eigenvalue weighted by Crippen LogP contribution is -2.33. The molecule has 1 heteroatoms. The maximum Gasteiger partial charge on any atom is 0.00434 e. The van der Waals surface area contributed by atoms with Crippen molar-refractivity contribution in [1.29, 1.82) is 0 Å². The molecule has 0 saturated carbocycles. The molecule has 13 heavy (non-hydrogen) atoms. The van der Waals surface area contributed by atoms with Crippen LogP contribution in [0.3, 0.4) is 0 Å². The lowest BCUT2D eigenvalue weighted by Gasteiger charge is -2.36. The largest absolute Gasteiger partial charge is 0.309 e. The van der Waals surface area contributed by atoms with Gasteiger partial charge in [0.25, 0.3) is 0 Å². The van der Waals surface area contributed by atoms with Gasteiger partial charge >= 0.3 is 0 Å². The molecule has 0 aliphatic carbocycles. The summed E-state index contributed by atoms with van der Waals surface area (Å²) in [5, 5.41) is 0. The summed E-state index contributed by atoms with van der Waals surface area (Å²) in [5.74, 6) is 0.609. The van der Waals surface area contributed by atoms with Crippen molar-refractivity contribution in [3.63, 3.8) is 0 Å². The molecule has 0 bridgehead atoms. The van der Waals surface area contributed by atoms with Crippen molar-refractivity contribution in [2.24, 2.45) is 11.3 Å². The van der Waals surface area contributed by atoms with Gasteiger partial charge < -0.3 is 4.90 Å². The van der Waals surface area contributed by atoms with Gasteiger partial charge in [-0.25, -0.2) is 0 Å². The first-order chi connectivity index (χ1) is 6.00. The van der Waals surface area contributed by atoms with Crippen molar-refractivity contribution < 1.29 is 0 Å². The zero-order valence-corrected chi connectivity index (χ0v) is 9.93. The molecule has 0 aliphatic rings. The maximum atomic E-state index is 3.95. The molecule has 1 atom stereocenters. The highest BCUT2D eigenvalue weighted by Crippen LogP contribution is 2.35. The lowest BCUT2D eigenvalue weighted by molar-refractivity contribution is 0.170. The Hall–Kier alpha value is -0.300. The Morgan fingerprint density at radius 2 is 1.77 bits per heavy atom. The zero-order chi connectivity index (χ0) is 10.5. The summed E-state index contributed by atoms with van der Waals surface area (Å²) in [6, 6.07) is 0. The fourth-order valence-corrected chi connectivity index (χ4v) is 1.75. The third-order valence-corrected chi connectivity index (χ3v) is 3.36. The second-order valence-corrected chi connectivity index (χ2v) is 4.47. The minimum atomic E-state index is 0.423. The summed E-state index contributed by atoms with van der Waals surface area (Å²) in [6.45, 7) is 12.0. The van der Waals surface area contributed by atoms with Crippen molar-refractivity contribution in [3.8, 4) is 0 Å². The molecule has 0 rings (SSSR count). The Balaban J connectivity index is 4.43. The molecular formula is C12H25N. The third-order valence-electron chi connectivity index (χ3n) is 3.36. The van der Waals surface area contributed by atoms with Crippen molar-refractivity contribution >= 4 is 0 Å². The normalized spacial score (nSPS) is 14.6. The van der Waals surface area contributed by atoms with Gasteiger partial charge in [0, 0.05) is 6.54 Å². The number of hydrogen-bond donors (Lipinski definition) is 0. The molecule has 0 aliphatic heterocycles.